The third-order valence-electron chi connectivity index (χ3n) is 11.9. The maximum Gasteiger partial charge on any atom is 0.0435 e. The molecule has 1 atom stereocenters. The molecule has 0 saturated heterocycles. The van der Waals surface area contributed by atoms with Gasteiger partial charge in [-0.15, -0.1) is 0 Å². The quantitative estimate of drug-likeness (QED) is 0.165. The molecular weight excluding hydrogens is 625 g/mol. The second-order valence-corrected chi connectivity index (χ2v) is 14.6. The van der Waals surface area contributed by atoms with Crippen LogP contribution in [0, 0.1) is 0 Å². The number of rotatable bonds is 4. The van der Waals surface area contributed by atoms with Gasteiger partial charge in [-0.25, -0.2) is 0 Å². The third kappa shape index (κ3) is 4.10. The van der Waals surface area contributed by atoms with Gasteiger partial charge in [0.1, 0.15) is 0 Å². The molecule has 0 nitrogen and oxygen atoms in total. The summed E-state index contributed by atoms with van der Waals surface area (Å²) in [5.74, 6) is 0. The Morgan fingerprint density at radius 1 is 0.308 bits per heavy atom. The van der Waals surface area contributed by atoms with E-state index in [9.17, 15) is 0 Å². The van der Waals surface area contributed by atoms with Crippen LogP contribution in [0.1, 0.15) is 23.6 Å². The lowest BCUT2D eigenvalue weighted by Gasteiger charge is -2.28. The van der Waals surface area contributed by atoms with E-state index in [0.29, 0.717) is 0 Å². The van der Waals surface area contributed by atoms with E-state index in [1.165, 1.54) is 104 Å². The normalized spacial score (nSPS) is 15.1. The highest BCUT2D eigenvalue weighted by atomic mass is 14.4. The Bertz CT molecular complexity index is 3010. The van der Waals surface area contributed by atoms with Gasteiger partial charge in [-0.3, -0.25) is 0 Å². The fourth-order valence-electron chi connectivity index (χ4n) is 9.36. The van der Waals surface area contributed by atoms with Crippen LogP contribution >= 0.6 is 0 Å². The maximum atomic E-state index is 2.47. The Labute approximate surface area is 303 Å². The fraction of sp³-hybridized carbons (Fsp3) is 0.0385. The van der Waals surface area contributed by atoms with Gasteiger partial charge in [0.15, 0.2) is 0 Å². The van der Waals surface area contributed by atoms with Crippen molar-refractivity contribution in [3.05, 3.63) is 205 Å². The first-order chi connectivity index (χ1) is 25.7. The molecule has 1 aliphatic rings. The van der Waals surface area contributed by atoms with Crippen LogP contribution in [0.4, 0.5) is 0 Å². The Balaban J connectivity index is 1.11. The molecule has 0 N–H and O–H groups in total. The molecule has 0 aliphatic heterocycles. The Morgan fingerprint density at radius 3 is 1.63 bits per heavy atom. The lowest BCUT2D eigenvalue weighted by atomic mass is 9.74. The van der Waals surface area contributed by atoms with Crippen molar-refractivity contribution in [2.24, 2.45) is 0 Å². The van der Waals surface area contributed by atoms with Crippen molar-refractivity contribution >= 4 is 43.1 Å². The molecule has 0 fully saturated rings. The molecule has 1 unspecified atom stereocenters. The Kier molecular flexibility index (Phi) is 6.19. The summed E-state index contributed by atoms with van der Waals surface area (Å²) in [7, 11) is 0. The SMILES string of the molecule is CC1(c2ccccc2)c2ccccc2-c2cc3ccc(-c4ccc5ccc6c(-c7ccccc7-c7ccccc7)ccc7ccc4c5c76)cc3cc21. The predicted molar refractivity (Wildman–Crippen MR) is 221 cm³/mol. The van der Waals surface area contributed by atoms with Gasteiger partial charge >= 0.3 is 0 Å². The molecule has 0 saturated carbocycles. The van der Waals surface area contributed by atoms with Crippen molar-refractivity contribution < 1.29 is 0 Å². The first kappa shape index (κ1) is 29.3. The largest absolute Gasteiger partial charge is 0.0622 e. The molecule has 11 rings (SSSR count). The molecule has 10 aromatic carbocycles. The second kappa shape index (κ2) is 11.0. The molecule has 0 aromatic heterocycles. The van der Waals surface area contributed by atoms with Crippen LogP contribution < -0.4 is 0 Å². The number of benzene rings is 10. The molecular formula is C52H34. The van der Waals surface area contributed by atoms with Crippen LogP contribution in [-0.2, 0) is 5.41 Å². The Morgan fingerprint density at radius 2 is 0.885 bits per heavy atom. The van der Waals surface area contributed by atoms with Crippen LogP contribution in [-0.4, -0.2) is 0 Å². The van der Waals surface area contributed by atoms with Crippen LogP contribution in [0.3, 0.4) is 0 Å². The summed E-state index contributed by atoms with van der Waals surface area (Å²) in [5.41, 5.74) is 14.1. The van der Waals surface area contributed by atoms with Gasteiger partial charge in [-0.2, -0.15) is 0 Å². The van der Waals surface area contributed by atoms with Gasteiger partial charge in [0.05, 0.1) is 0 Å². The van der Waals surface area contributed by atoms with Gasteiger partial charge in [-0.05, 0) is 129 Å². The minimum absolute atomic E-state index is 0.221. The zero-order valence-electron chi connectivity index (χ0n) is 28.9. The van der Waals surface area contributed by atoms with E-state index in [2.05, 4.69) is 195 Å². The first-order valence-electron chi connectivity index (χ1n) is 18.3. The minimum atomic E-state index is -0.221. The van der Waals surface area contributed by atoms with Crippen LogP contribution in [0.25, 0.3) is 87.6 Å². The van der Waals surface area contributed by atoms with E-state index < -0.39 is 0 Å². The lowest BCUT2D eigenvalue weighted by Crippen LogP contribution is -2.22. The van der Waals surface area contributed by atoms with Gasteiger partial charge < -0.3 is 0 Å². The zero-order chi connectivity index (χ0) is 34.4. The summed E-state index contributed by atoms with van der Waals surface area (Å²) in [6.07, 6.45) is 0. The highest BCUT2D eigenvalue weighted by Gasteiger charge is 2.40. The van der Waals surface area contributed by atoms with Crippen LogP contribution in [0.5, 0.6) is 0 Å². The standard InChI is InChI=1S/C52H34/c1-52(39-14-6-3-7-15-39)48-19-11-10-18-44(48)47-31-36-20-21-37(30-38(36)32-49(47)52)41-26-22-34-25-29-46-43(27-23-35-24-28-45(41)50(34)51(35)46)42-17-9-8-16-40(42)33-12-4-2-5-13-33/h2-32H,1H3. The van der Waals surface area contributed by atoms with Crippen molar-refractivity contribution in [2.45, 2.75) is 12.3 Å². The van der Waals surface area contributed by atoms with Crippen LogP contribution in [0.15, 0.2) is 188 Å². The molecule has 1 aliphatic carbocycles. The van der Waals surface area contributed by atoms with Crippen LogP contribution in [0.2, 0.25) is 0 Å². The molecule has 0 radical (unpaired) electrons. The lowest BCUT2D eigenvalue weighted by molar-refractivity contribution is 0.715. The van der Waals surface area contributed by atoms with E-state index in [0.717, 1.165) is 0 Å². The van der Waals surface area contributed by atoms with E-state index in [4.69, 9.17) is 0 Å². The summed E-state index contributed by atoms with van der Waals surface area (Å²) >= 11 is 0. The number of fused-ring (bicyclic) bond motifs is 4. The van der Waals surface area contributed by atoms with Crippen molar-refractivity contribution in [1.82, 2.24) is 0 Å². The topological polar surface area (TPSA) is 0 Å². The van der Waals surface area contributed by atoms with Gasteiger partial charge in [0, 0.05) is 5.41 Å². The molecule has 52 heavy (non-hydrogen) atoms. The first-order valence-corrected chi connectivity index (χ1v) is 18.3. The smallest absolute Gasteiger partial charge is 0.0435 e. The molecule has 0 amide bonds. The van der Waals surface area contributed by atoms with Crippen molar-refractivity contribution in [3.8, 4) is 44.5 Å². The summed E-state index contributed by atoms with van der Waals surface area (Å²) in [6.45, 7) is 2.40. The predicted octanol–water partition coefficient (Wildman–Crippen LogP) is 14.1. The average molecular weight is 659 g/mol. The van der Waals surface area contributed by atoms with Gasteiger partial charge in [0.2, 0.25) is 0 Å². The minimum Gasteiger partial charge on any atom is -0.0622 e. The molecule has 10 aromatic rings. The number of hydrogen-bond donors (Lipinski definition) is 0. The van der Waals surface area contributed by atoms with E-state index in [1.54, 1.807) is 0 Å². The summed E-state index contributed by atoms with van der Waals surface area (Å²) < 4.78 is 0. The van der Waals surface area contributed by atoms with Crippen molar-refractivity contribution in [2.75, 3.05) is 0 Å². The monoisotopic (exact) mass is 658 g/mol. The van der Waals surface area contributed by atoms with E-state index in [1.807, 2.05) is 0 Å². The van der Waals surface area contributed by atoms with Gasteiger partial charge in [-0.1, -0.05) is 170 Å². The molecule has 0 bridgehead atoms. The van der Waals surface area contributed by atoms with E-state index in [-0.39, 0.29) is 5.41 Å². The second-order valence-electron chi connectivity index (χ2n) is 14.6. The fourth-order valence-corrected chi connectivity index (χ4v) is 9.36. The summed E-state index contributed by atoms with van der Waals surface area (Å²) in [4.78, 5) is 0. The third-order valence-corrected chi connectivity index (χ3v) is 11.9. The number of hydrogen-bond acceptors (Lipinski definition) is 0. The average Bonchev–Trinajstić information content (AvgIpc) is 3.47. The summed E-state index contributed by atoms with van der Waals surface area (Å²) in [5, 5.41) is 10.4. The highest BCUT2D eigenvalue weighted by Crippen LogP contribution is 2.53. The van der Waals surface area contributed by atoms with Crippen molar-refractivity contribution in [3.63, 3.8) is 0 Å². The highest BCUT2D eigenvalue weighted by molar-refractivity contribution is 6.28. The molecule has 0 heterocycles. The van der Waals surface area contributed by atoms with E-state index >= 15 is 0 Å². The molecule has 242 valence electrons. The zero-order valence-corrected chi connectivity index (χ0v) is 28.9. The van der Waals surface area contributed by atoms with Crippen molar-refractivity contribution in [1.29, 1.82) is 0 Å². The Hall–Kier alpha value is -6.50. The maximum absolute atomic E-state index is 2.47. The summed E-state index contributed by atoms with van der Waals surface area (Å²) in [6, 6.07) is 70.0. The van der Waals surface area contributed by atoms with Gasteiger partial charge in [0.25, 0.3) is 0 Å². The molecule has 0 spiro atoms. The molecule has 0 heteroatoms.